The van der Waals surface area contributed by atoms with E-state index < -0.39 is 28.5 Å². The molecule has 2 aromatic carbocycles. The van der Waals surface area contributed by atoms with Crippen LogP contribution in [0.1, 0.15) is 32.8 Å². The Morgan fingerprint density at radius 2 is 1.70 bits per heavy atom. The van der Waals surface area contributed by atoms with Crippen molar-refractivity contribution in [3.05, 3.63) is 64.1 Å². The highest BCUT2D eigenvalue weighted by Crippen LogP contribution is 2.30. The summed E-state index contributed by atoms with van der Waals surface area (Å²) in [5.41, 5.74) is 0.942. The van der Waals surface area contributed by atoms with E-state index in [1.54, 1.807) is 6.92 Å². The van der Waals surface area contributed by atoms with Gasteiger partial charge in [-0.1, -0.05) is 60.5 Å². The fourth-order valence-electron chi connectivity index (χ4n) is 3.11. The summed E-state index contributed by atoms with van der Waals surface area (Å²) in [5.74, 6) is -0.855. The van der Waals surface area contributed by atoms with Gasteiger partial charge in [0.1, 0.15) is 12.6 Å². The highest BCUT2D eigenvalue weighted by atomic mass is 35.5. The van der Waals surface area contributed by atoms with E-state index in [0.29, 0.717) is 5.02 Å². The third-order valence-electron chi connectivity index (χ3n) is 5.22. The van der Waals surface area contributed by atoms with Gasteiger partial charge in [0, 0.05) is 17.6 Å². The van der Waals surface area contributed by atoms with E-state index in [4.69, 9.17) is 23.2 Å². The summed E-state index contributed by atoms with van der Waals surface area (Å²) in [6.45, 7) is 5.07. The summed E-state index contributed by atoms with van der Waals surface area (Å²) in [6, 6.07) is 12.6. The molecule has 180 valence electrons. The quantitative estimate of drug-likeness (QED) is 0.518. The zero-order valence-electron chi connectivity index (χ0n) is 19.1. The first-order valence-corrected chi connectivity index (χ1v) is 13.1. The van der Waals surface area contributed by atoms with Gasteiger partial charge in [-0.3, -0.25) is 13.9 Å². The molecule has 0 heterocycles. The predicted octanol–water partition coefficient (Wildman–Crippen LogP) is 4.09. The number of nitrogens with zero attached hydrogens (tertiary/aromatic N) is 2. The Labute approximate surface area is 205 Å². The molecule has 0 aliphatic carbocycles. The van der Waals surface area contributed by atoms with Gasteiger partial charge in [-0.05, 0) is 44.0 Å². The number of anilines is 1. The number of sulfonamides is 1. The molecule has 0 fully saturated rings. The summed E-state index contributed by atoms with van der Waals surface area (Å²) in [4.78, 5) is 27.6. The van der Waals surface area contributed by atoms with Crippen LogP contribution >= 0.6 is 23.2 Å². The van der Waals surface area contributed by atoms with Gasteiger partial charge in [-0.2, -0.15) is 0 Å². The van der Waals surface area contributed by atoms with Gasteiger partial charge in [0.25, 0.3) is 0 Å². The van der Waals surface area contributed by atoms with E-state index in [9.17, 15) is 18.0 Å². The van der Waals surface area contributed by atoms with E-state index in [0.717, 1.165) is 22.5 Å². The van der Waals surface area contributed by atoms with Crippen molar-refractivity contribution < 1.29 is 18.0 Å². The molecule has 0 unspecified atom stereocenters. The highest BCUT2D eigenvalue weighted by molar-refractivity contribution is 7.92. The normalized spacial score (nSPS) is 13.2. The minimum atomic E-state index is -3.87. The van der Waals surface area contributed by atoms with Crippen molar-refractivity contribution in [3.8, 4) is 0 Å². The monoisotopic (exact) mass is 513 g/mol. The van der Waals surface area contributed by atoms with Crippen molar-refractivity contribution in [3.63, 3.8) is 0 Å². The van der Waals surface area contributed by atoms with Crippen LogP contribution in [0.2, 0.25) is 10.0 Å². The van der Waals surface area contributed by atoms with Gasteiger partial charge in [-0.25, -0.2) is 8.42 Å². The first-order chi connectivity index (χ1) is 15.4. The van der Waals surface area contributed by atoms with Crippen LogP contribution in [0.25, 0.3) is 0 Å². The summed E-state index contributed by atoms with van der Waals surface area (Å²) < 4.78 is 26.0. The molecule has 1 N–H and O–H groups in total. The van der Waals surface area contributed by atoms with Gasteiger partial charge in [0.2, 0.25) is 21.8 Å². The van der Waals surface area contributed by atoms with Crippen molar-refractivity contribution in [1.29, 1.82) is 0 Å². The second-order valence-corrected chi connectivity index (χ2v) is 10.6. The van der Waals surface area contributed by atoms with Gasteiger partial charge < -0.3 is 10.2 Å². The van der Waals surface area contributed by atoms with Crippen LogP contribution in [-0.4, -0.2) is 50.0 Å². The molecule has 10 heteroatoms. The lowest BCUT2D eigenvalue weighted by Gasteiger charge is -2.32. The maximum atomic E-state index is 13.4. The molecule has 0 aromatic heterocycles. The molecule has 0 aliphatic heterocycles. The number of nitrogens with one attached hydrogen (secondary N) is 1. The molecule has 0 aliphatic rings. The molecular formula is C23H29Cl2N3O4S. The highest BCUT2D eigenvalue weighted by Gasteiger charge is 2.31. The zero-order valence-corrected chi connectivity index (χ0v) is 21.4. The molecule has 2 rings (SSSR count). The Hall–Kier alpha value is -2.29. The van der Waals surface area contributed by atoms with Crippen molar-refractivity contribution >= 4 is 50.7 Å². The number of rotatable bonds is 10. The fourth-order valence-corrected chi connectivity index (χ4v) is 4.53. The van der Waals surface area contributed by atoms with Crippen LogP contribution in [-0.2, 0) is 26.2 Å². The molecule has 0 bridgehead atoms. The second kappa shape index (κ2) is 11.7. The van der Waals surface area contributed by atoms with Crippen LogP contribution in [0, 0.1) is 0 Å². The van der Waals surface area contributed by atoms with E-state index in [1.807, 2.05) is 44.2 Å². The summed E-state index contributed by atoms with van der Waals surface area (Å²) >= 11 is 12.2. The van der Waals surface area contributed by atoms with Crippen molar-refractivity contribution in [2.75, 3.05) is 17.1 Å². The number of benzene rings is 2. The molecule has 0 saturated heterocycles. The van der Waals surface area contributed by atoms with Crippen LogP contribution in [0.5, 0.6) is 0 Å². The largest absolute Gasteiger partial charge is 0.352 e. The number of amides is 2. The third-order valence-corrected chi connectivity index (χ3v) is 6.89. The van der Waals surface area contributed by atoms with E-state index >= 15 is 0 Å². The smallest absolute Gasteiger partial charge is 0.244 e. The minimum Gasteiger partial charge on any atom is -0.352 e. The standard InChI is InChI=1S/C23H29Cl2N3O4S/c1-5-16(2)26-23(30)17(3)27(14-18-9-7-6-8-10-18)22(29)15-28(33(4,31)32)21-12-11-19(24)13-20(21)25/h6-13,16-17H,5,14-15H2,1-4H3,(H,26,30)/t16-,17+/m0/s1. The van der Waals surface area contributed by atoms with Crippen molar-refractivity contribution in [2.45, 2.75) is 45.8 Å². The Balaban J connectivity index is 2.39. The zero-order chi connectivity index (χ0) is 24.8. The number of hydrogen-bond donors (Lipinski definition) is 1. The lowest BCUT2D eigenvalue weighted by atomic mass is 10.1. The Morgan fingerprint density at radius 1 is 1.06 bits per heavy atom. The van der Waals surface area contributed by atoms with Crippen molar-refractivity contribution in [2.24, 2.45) is 0 Å². The van der Waals surface area contributed by atoms with Gasteiger partial charge in [0.05, 0.1) is 17.0 Å². The first-order valence-electron chi connectivity index (χ1n) is 10.5. The third kappa shape index (κ3) is 7.62. The van der Waals surface area contributed by atoms with Gasteiger partial charge in [-0.15, -0.1) is 0 Å². The van der Waals surface area contributed by atoms with Crippen molar-refractivity contribution in [1.82, 2.24) is 10.2 Å². The van der Waals surface area contributed by atoms with Crippen LogP contribution < -0.4 is 9.62 Å². The molecule has 7 nitrogen and oxygen atoms in total. The molecule has 0 saturated carbocycles. The molecule has 2 aromatic rings. The number of hydrogen-bond acceptors (Lipinski definition) is 4. The molecule has 0 radical (unpaired) electrons. The number of carbonyl (C=O) groups is 2. The molecule has 33 heavy (non-hydrogen) atoms. The predicted molar refractivity (Wildman–Crippen MR) is 133 cm³/mol. The molecular weight excluding hydrogens is 485 g/mol. The molecule has 0 spiro atoms. The SMILES string of the molecule is CC[C@H](C)NC(=O)[C@@H](C)N(Cc1ccccc1)C(=O)CN(c1ccc(Cl)cc1Cl)S(C)(=O)=O. The molecule has 2 atom stereocenters. The van der Waals surface area contributed by atoms with E-state index in [2.05, 4.69) is 5.32 Å². The summed E-state index contributed by atoms with van der Waals surface area (Å²) in [5, 5.41) is 3.31. The average molecular weight is 514 g/mol. The van der Waals surface area contributed by atoms with Crippen LogP contribution in [0.4, 0.5) is 5.69 Å². The maximum Gasteiger partial charge on any atom is 0.244 e. The summed E-state index contributed by atoms with van der Waals surface area (Å²) in [7, 11) is -3.87. The van der Waals surface area contributed by atoms with Crippen LogP contribution in [0.15, 0.2) is 48.5 Å². The van der Waals surface area contributed by atoms with Gasteiger partial charge >= 0.3 is 0 Å². The van der Waals surface area contributed by atoms with Crippen LogP contribution in [0.3, 0.4) is 0 Å². The summed E-state index contributed by atoms with van der Waals surface area (Å²) in [6.07, 6.45) is 1.73. The number of halogens is 2. The minimum absolute atomic E-state index is 0.0611. The molecule has 2 amide bonds. The van der Waals surface area contributed by atoms with Gasteiger partial charge in [0.15, 0.2) is 0 Å². The Morgan fingerprint density at radius 3 is 2.24 bits per heavy atom. The Bertz CT molecular complexity index is 1080. The van der Waals surface area contributed by atoms with E-state index in [-0.39, 0.29) is 29.2 Å². The second-order valence-electron chi connectivity index (χ2n) is 7.87. The topological polar surface area (TPSA) is 86.8 Å². The maximum absolute atomic E-state index is 13.4. The Kier molecular flexibility index (Phi) is 9.57. The average Bonchev–Trinajstić information content (AvgIpc) is 2.75. The lowest BCUT2D eigenvalue weighted by Crippen LogP contribution is -2.52. The van der Waals surface area contributed by atoms with E-state index in [1.165, 1.54) is 23.1 Å². The first kappa shape index (κ1) is 27.0. The number of carbonyl (C=O) groups excluding carboxylic acids is 2. The fraction of sp³-hybridized carbons (Fsp3) is 0.391. The lowest BCUT2D eigenvalue weighted by molar-refractivity contribution is -0.139.